The van der Waals surface area contributed by atoms with Crippen LogP contribution in [0.1, 0.15) is 0 Å². The van der Waals surface area contributed by atoms with Crippen molar-refractivity contribution in [1.29, 1.82) is 0 Å². The van der Waals surface area contributed by atoms with Gasteiger partial charge in [-0.3, -0.25) is 0 Å². The number of hydrogen-bond donors (Lipinski definition) is 2. The quantitative estimate of drug-likeness (QED) is 0.451. The standard InChI is InChI=1S/C5H6N4/c1-4-5(8-2-6-1)9-3-7-4/h1,3,6H,2H2,(H,7,8,9). The average molecular weight is 122 g/mol. The van der Waals surface area contributed by atoms with Gasteiger partial charge in [0.25, 0.3) is 0 Å². The van der Waals surface area contributed by atoms with E-state index in [1.807, 2.05) is 6.20 Å². The maximum atomic E-state index is 3.97. The van der Waals surface area contributed by atoms with Crippen LogP contribution in [0.15, 0.2) is 21.9 Å². The van der Waals surface area contributed by atoms with Crippen molar-refractivity contribution < 1.29 is 0 Å². The van der Waals surface area contributed by atoms with Crippen LogP contribution >= 0.6 is 0 Å². The van der Waals surface area contributed by atoms with Gasteiger partial charge in [-0.15, -0.1) is 0 Å². The van der Waals surface area contributed by atoms with Crippen LogP contribution in [-0.2, 0) is 0 Å². The monoisotopic (exact) mass is 122 g/mol. The number of nitrogens with zero attached hydrogens (tertiary/aromatic N) is 2. The van der Waals surface area contributed by atoms with Crippen LogP contribution in [0.2, 0.25) is 0 Å². The minimum Gasteiger partial charge on any atom is -0.372 e. The third-order valence-electron chi connectivity index (χ3n) is 1.22. The van der Waals surface area contributed by atoms with Crippen LogP contribution < -0.4 is 10.6 Å². The van der Waals surface area contributed by atoms with Gasteiger partial charge in [0.05, 0.1) is 6.67 Å². The molecule has 2 aliphatic heterocycles. The van der Waals surface area contributed by atoms with Crippen molar-refractivity contribution in [2.75, 3.05) is 6.67 Å². The highest BCUT2D eigenvalue weighted by Gasteiger charge is 2.11. The summed E-state index contributed by atoms with van der Waals surface area (Å²) in [7, 11) is 0. The van der Waals surface area contributed by atoms with E-state index in [4.69, 9.17) is 0 Å². The number of hydrogen-bond acceptors (Lipinski definition) is 4. The highest BCUT2D eigenvalue weighted by Crippen LogP contribution is 2.03. The fourth-order valence-electron chi connectivity index (χ4n) is 0.800. The number of rotatable bonds is 0. The second kappa shape index (κ2) is 1.58. The van der Waals surface area contributed by atoms with Crippen molar-refractivity contribution in [2.24, 2.45) is 9.98 Å². The maximum absolute atomic E-state index is 3.97. The van der Waals surface area contributed by atoms with Gasteiger partial charge in [0.2, 0.25) is 0 Å². The normalized spacial score (nSPS) is 21.3. The molecule has 4 heteroatoms. The molecular formula is C5H6N4. The van der Waals surface area contributed by atoms with E-state index in [9.17, 15) is 0 Å². The van der Waals surface area contributed by atoms with Crippen LogP contribution in [0.25, 0.3) is 0 Å². The molecule has 46 valence electrons. The average Bonchev–Trinajstić information content (AvgIpc) is 2.33. The number of amidine groups is 1. The molecule has 4 nitrogen and oxygen atoms in total. The first-order chi connectivity index (χ1) is 4.47. The van der Waals surface area contributed by atoms with Gasteiger partial charge >= 0.3 is 0 Å². The Kier molecular flexibility index (Phi) is 0.798. The smallest absolute Gasteiger partial charge is 0.156 e. The van der Waals surface area contributed by atoms with Crippen molar-refractivity contribution in [3.63, 3.8) is 0 Å². The fraction of sp³-hybridized carbons (Fsp3) is 0.200. The molecule has 0 bridgehead atoms. The molecule has 0 saturated carbocycles. The Morgan fingerprint density at radius 3 is 3.44 bits per heavy atom. The Labute approximate surface area is 52.4 Å². The SMILES string of the molecule is C1=NC2=CNCNC2=N1. The molecule has 0 saturated heterocycles. The van der Waals surface area contributed by atoms with Crippen LogP contribution in [0.5, 0.6) is 0 Å². The molecule has 2 N–H and O–H groups in total. The first kappa shape index (κ1) is 4.55. The fourth-order valence-corrected chi connectivity index (χ4v) is 0.800. The summed E-state index contributed by atoms with van der Waals surface area (Å²) in [6, 6.07) is 0. The minimum absolute atomic E-state index is 0.742. The molecule has 0 atom stereocenters. The molecule has 0 aliphatic carbocycles. The topological polar surface area (TPSA) is 48.8 Å². The number of fused-ring (bicyclic) bond motifs is 1. The van der Waals surface area contributed by atoms with Gasteiger partial charge in [-0.2, -0.15) is 0 Å². The largest absolute Gasteiger partial charge is 0.372 e. The second-order valence-electron chi connectivity index (χ2n) is 1.81. The lowest BCUT2D eigenvalue weighted by Crippen LogP contribution is -2.36. The summed E-state index contributed by atoms with van der Waals surface area (Å²) in [6.45, 7) is 0.742. The Balaban J connectivity index is 2.38. The van der Waals surface area contributed by atoms with E-state index in [0.717, 1.165) is 18.2 Å². The molecule has 2 heterocycles. The zero-order chi connectivity index (χ0) is 6.10. The Hall–Kier alpha value is -1.32. The van der Waals surface area contributed by atoms with Gasteiger partial charge in [-0.25, -0.2) is 9.98 Å². The summed E-state index contributed by atoms with van der Waals surface area (Å²) in [4.78, 5) is 7.93. The van der Waals surface area contributed by atoms with Gasteiger partial charge in [0.15, 0.2) is 5.84 Å². The Morgan fingerprint density at radius 1 is 1.56 bits per heavy atom. The van der Waals surface area contributed by atoms with Gasteiger partial charge < -0.3 is 10.6 Å². The van der Waals surface area contributed by atoms with Crippen molar-refractivity contribution >= 4 is 12.2 Å². The van der Waals surface area contributed by atoms with E-state index in [0.29, 0.717) is 0 Å². The lowest BCUT2D eigenvalue weighted by molar-refractivity contribution is 0.774. The molecule has 0 aromatic carbocycles. The molecule has 0 aromatic heterocycles. The summed E-state index contributed by atoms with van der Waals surface area (Å²) in [5.41, 5.74) is 0.890. The zero-order valence-electron chi connectivity index (χ0n) is 4.76. The molecule has 0 amide bonds. The zero-order valence-corrected chi connectivity index (χ0v) is 4.76. The first-order valence-corrected chi connectivity index (χ1v) is 2.75. The molecule has 0 fully saturated rings. The van der Waals surface area contributed by atoms with Crippen LogP contribution in [0.4, 0.5) is 0 Å². The number of nitrogens with one attached hydrogen (secondary N) is 2. The molecule has 0 aromatic rings. The molecular weight excluding hydrogens is 116 g/mol. The van der Waals surface area contributed by atoms with E-state index in [-0.39, 0.29) is 0 Å². The van der Waals surface area contributed by atoms with Gasteiger partial charge in [-0.05, 0) is 0 Å². The van der Waals surface area contributed by atoms with E-state index in [1.54, 1.807) is 6.34 Å². The van der Waals surface area contributed by atoms with Crippen molar-refractivity contribution in [3.05, 3.63) is 11.9 Å². The van der Waals surface area contributed by atoms with Gasteiger partial charge in [0, 0.05) is 6.20 Å². The van der Waals surface area contributed by atoms with Crippen molar-refractivity contribution in [2.45, 2.75) is 0 Å². The molecule has 0 spiro atoms. The van der Waals surface area contributed by atoms with Crippen molar-refractivity contribution in [1.82, 2.24) is 10.6 Å². The van der Waals surface area contributed by atoms with Crippen LogP contribution in [0.3, 0.4) is 0 Å². The first-order valence-electron chi connectivity index (χ1n) is 2.75. The second-order valence-corrected chi connectivity index (χ2v) is 1.81. The third-order valence-corrected chi connectivity index (χ3v) is 1.22. The third kappa shape index (κ3) is 0.595. The Morgan fingerprint density at radius 2 is 2.56 bits per heavy atom. The van der Waals surface area contributed by atoms with Crippen LogP contribution in [0, 0.1) is 0 Å². The predicted octanol–water partition coefficient (Wildman–Crippen LogP) is -0.582. The maximum Gasteiger partial charge on any atom is 0.156 e. The highest BCUT2D eigenvalue weighted by atomic mass is 15.2. The van der Waals surface area contributed by atoms with E-state index < -0.39 is 0 Å². The molecule has 0 unspecified atom stereocenters. The summed E-state index contributed by atoms with van der Waals surface area (Å²) in [6.07, 6.45) is 3.39. The Bertz CT molecular complexity index is 213. The lowest BCUT2D eigenvalue weighted by atomic mass is 10.4. The molecule has 0 radical (unpaired) electrons. The van der Waals surface area contributed by atoms with Crippen LogP contribution in [-0.4, -0.2) is 18.8 Å². The summed E-state index contributed by atoms with van der Waals surface area (Å²) in [5, 5.41) is 6.02. The summed E-state index contributed by atoms with van der Waals surface area (Å²) >= 11 is 0. The van der Waals surface area contributed by atoms with E-state index in [2.05, 4.69) is 20.6 Å². The predicted molar refractivity (Wildman–Crippen MR) is 35.1 cm³/mol. The minimum atomic E-state index is 0.742. The summed E-state index contributed by atoms with van der Waals surface area (Å²) in [5.74, 6) is 0.869. The summed E-state index contributed by atoms with van der Waals surface area (Å²) < 4.78 is 0. The van der Waals surface area contributed by atoms with Gasteiger partial charge in [-0.1, -0.05) is 0 Å². The van der Waals surface area contributed by atoms with E-state index in [1.165, 1.54) is 0 Å². The molecule has 2 rings (SSSR count). The van der Waals surface area contributed by atoms with Crippen molar-refractivity contribution in [3.8, 4) is 0 Å². The lowest BCUT2D eigenvalue weighted by Gasteiger charge is -2.11. The van der Waals surface area contributed by atoms with E-state index >= 15 is 0 Å². The van der Waals surface area contributed by atoms with Gasteiger partial charge in [0.1, 0.15) is 12.0 Å². The number of aliphatic imine (C=N–C) groups is 2. The molecule has 2 aliphatic rings. The molecule has 9 heavy (non-hydrogen) atoms. The highest BCUT2D eigenvalue weighted by molar-refractivity contribution is 6.06.